The third kappa shape index (κ3) is 7.99. The van der Waals surface area contributed by atoms with Gasteiger partial charge in [0, 0.05) is 0 Å². The molecule has 124 valence electrons. The predicted molar refractivity (Wildman–Crippen MR) is 90.7 cm³/mol. The molecule has 0 bridgehead atoms. The first-order valence-corrected chi connectivity index (χ1v) is 8.18. The number of nitrogens with one attached hydrogen (secondary N) is 1. The molecule has 0 saturated heterocycles. The highest BCUT2D eigenvalue weighted by Crippen LogP contribution is 2.36. The Morgan fingerprint density at radius 2 is 1.71 bits per heavy atom. The third-order valence-electron chi connectivity index (χ3n) is 3.26. The number of hydrogen-bond acceptors (Lipinski definition) is 4. The summed E-state index contributed by atoms with van der Waals surface area (Å²) in [5.41, 5.74) is -0.211. The van der Waals surface area contributed by atoms with Crippen LogP contribution in [0.15, 0.2) is 0 Å². The quantitative estimate of drug-likeness (QED) is 0.399. The number of ether oxygens (including phenoxy) is 1. The number of rotatable bonds is 6. The van der Waals surface area contributed by atoms with Gasteiger partial charge < -0.3 is 9.84 Å². The van der Waals surface area contributed by atoms with Crippen molar-refractivity contribution in [3.8, 4) is 0 Å². The highest BCUT2D eigenvalue weighted by molar-refractivity contribution is 14.1. The molecule has 21 heavy (non-hydrogen) atoms. The fourth-order valence-corrected chi connectivity index (χ4v) is 2.37. The zero-order valence-corrected chi connectivity index (χ0v) is 16.0. The van der Waals surface area contributed by atoms with E-state index in [0.717, 1.165) is 0 Å². The zero-order chi connectivity index (χ0) is 16.8. The molecule has 2 unspecified atom stereocenters. The summed E-state index contributed by atoms with van der Waals surface area (Å²) in [5, 5.41) is 9.17. The van der Waals surface area contributed by atoms with Crippen LogP contribution in [0.25, 0.3) is 0 Å². The van der Waals surface area contributed by atoms with Gasteiger partial charge in [0.05, 0.1) is 41.3 Å². The molecule has 0 fully saturated rings. The Kier molecular flexibility index (Phi) is 8.17. The molecule has 0 saturated carbocycles. The van der Waals surface area contributed by atoms with Crippen LogP contribution in [0.3, 0.4) is 0 Å². The number of halogens is 1. The topological polar surface area (TPSA) is 75.6 Å². The second-order valence-corrected chi connectivity index (χ2v) is 8.19. The highest BCUT2D eigenvalue weighted by Gasteiger charge is 2.36. The van der Waals surface area contributed by atoms with Crippen molar-refractivity contribution < 1.29 is 19.4 Å². The molecule has 0 rings (SSSR count). The van der Waals surface area contributed by atoms with Gasteiger partial charge in [0.15, 0.2) is 0 Å². The molecule has 5 nitrogen and oxygen atoms in total. The lowest BCUT2D eigenvalue weighted by Crippen LogP contribution is -2.36. The van der Waals surface area contributed by atoms with E-state index < -0.39 is 5.92 Å². The summed E-state index contributed by atoms with van der Waals surface area (Å²) in [7, 11) is 0. The van der Waals surface area contributed by atoms with Crippen molar-refractivity contribution in [1.29, 1.82) is 0 Å². The Labute approximate surface area is 141 Å². The number of esters is 1. The van der Waals surface area contributed by atoms with E-state index in [1.807, 2.05) is 20.8 Å². The van der Waals surface area contributed by atoms with Crippen LogP contribution in [0.5, 0.6) is 0 Å². The molecule has 0 radical (unpaired) electrons. The summed E-state index contributed by atoms with van der Waals surface area (Å²) in [6.07, 6.45) is 0.706. The Hall–Kier alpha value is -0.370. The van der Waals surface area contributed by atoms with Gasteiger partial charge in [0.2, 0.25) is 5.91 Å². The van der Waals surface area contributed by atoms with Gasteiger partial charge in [-0.1, -0.05) is 41.5 Å². The van der Waals surface area contributed by atoms with Crippen LogP contribution in [0.4, 0.5) is 0 Å². The van der Waals surface area contributed by atoms with E-state index in [2.05, 4.69) is 24.3 Å². The van der Waals surface area contributed by atoms with E-state index in [-0.39, 0.29) is 41.8 Å². The summed E-state index contributed by atoms with van der Waals surface area (Å²) in [5.74, 6) is -1.62. The van der Waals surface area contributed by atoms with Crippen molar-refractivity contribution in [2.45, 2.75) is 48.0 Å². The number of carbonyl (C=O) groups excluding carboxylic acids is 2. The maximum absolute atomic E-state index is 12.4. The molecular weight excluding hydrogens is 385 g/mol. The minimum atomic E-state index is -0.721. The largest absolute Gasteiger partial charge is 0.465 e. The number of hydrogen-bond donors (Lipinski definition) is 2. The number of carbonyl (C=O) groups is 2. The van der Waals surface area contributed by atoms with Crippen LogP contribution in [0.2, 0.25) is 0 Å². The van der Waals surface area contributed by atoms with Crippen molar-refractivity contribution in [3.05, 3.63) is 0 Å². The standard InChI is InChI=1S/C15H28INO4/c1-14(2,3)7-11(15(4,5)6)13(20)21-9-10(8-18)12(19)17-16/h10-11,18H,7-9H2,1-6H3,(H,17,19). The van der Waals surface area contributed by atoms with Crippen LogP contribution < -0.4 is 3.53 Å². The van der Waals surface area contributed by atoms with Gasteiger partial charge in [-0.3, -0.25) is 13.1 Å². The van der Waals surface area contributed by atoms with Crippen molar-refractivity contribution in [2.24, 2.45) is 22.7 Å². The molecule has 0 heterocycles. The SMILES string of the molecule is CC(C)(C)CC(C(=O)OCC(CO)C(=O)NI)C(C)(C)C. The van der Waals surface area contributed by atoms with E-state index in [0.29, 0.717) is 6.42 Å². The van der Waals surface area contributed by atoms with E-state index >= 15 is 0 Å². The van der Waals surface area contributed by atoms with Gasteiger partial charge in [-0.25, -0.2) is 0 Å². The molecule has 0 aliphatic rings. The molecule has 6 heteroatoms. The predicted octanol–water partition coefficient (Wildman–Crippen LogP) is 2.70. The fraction of sp³-hybridized carbons (Fsp3) is 0.867. The second-order valence-electron chi connectivity index (χ2n) is 7.65. The number of amides is 1. The first-order valence-electron chi connectivity index (χ1n) is 7.10. The highest BCUT2D eigenvalue weighted by atomic mass is 127. The van der Waals surface area contributed by atoms with Gasteiger partial charge in [-0.2, -0.15) is 0 Å². The Morgan fingerprint density at radius 1 is 1.19 bits per heavy atom. The molecule has 0 aromatic carbocycles. The van der Waals surface area contributed by atoms with Crippen LogP contribution in [-0.4, -0.2) is 30.2 Å². The molecule has 0 aromatic heterocycles. The minimum absolute atomic E-state index is 0.00688. The third-order valence-corrected chi connectivity index (χ3v) is 3.79. The molecule has 1 amide bonds. The molecule has 0 spiro atoms. The zero-order valence-electron chi connectivity index (χ0n) is 13.8. The van der Waals surface area contributed by atoms with Gasteiger partial charge >= 0.3 is 5.97 Å². The maximum Gasteiger partial charge on any atom is 0.309 e. The molecule has 0 aromatic rings. The lowest BCUT2D eigenvalue weighted by atomic mass is 9.72. The van der Waals surface area contributed by atoms with E-state index in [1.54, 1.807) is 22.9 Å². The number of aliphatic hydroxyl groups excluding tert-OH is 1. The second kappa shape index (κ2) is 8.31. The normalized spacial score (nSPS) is 15.2. The molecule has 2 N–H and O–H groups in total. The van der Waals surface area contributed by atoms with Gasteiger partial charge in [-0.05, 0) is 17.3 Å². The van der Waals surface area contributed by atoms with Crippen molar-refractivity contribution in [2.75, 3.05) is 13.2 Å². The Morgan fingerprint density at radius 3 is 2.05 bits per heavy atom. The van der Waals surface area contributed by atoms with E-state index in [9.17, 15) is 9.59 Å². The van der Waals surface area contributed by atoms with E-state index in [4.69, 9.17) is 9.84 Å². The van der Waals surface area contributed by atoms with Crippen LogP contribution in [0.1, 0.15) is 48.0 Å². The number of aliphatic hydroxyl groups is 1. The Balaban J connectivity index is 4.80. The minimum Gasteiger partial charge on any atom is -0.465 e. The van der Waals surface area contributed by atoms with Gasteiger partial charge in [0.25, 0.3) is 0 Å². The summed E-state index contributed by atoms with van der Waals surface area (Å²) in [6, 6.07) is 0. The van der Waals surface area contributed by atoms with Crippen LogP contribution in [-0.2, 0) is 14.3 Å². The van der Waals surface area contributed by atoms with Crippen LogP contribution >= 0.6 is 22.9 Å². The smallest absolute Gasteiger partial charge is 0.309 e. The molecular formula is C15H28INO4. The van der Waals surface area contributed by atoms with Crippen molar-refractivity contribution in [3.63, 3.8) is 0 Å². The lowest BCUT2D eigenvalue weighted by molar-refractivity contribution is -0.156. The fourth-order valence-electron chi connectivity index (χ4n) is 1.93. The van der Waals surface area contributed by atoms with Gasteiger partial charge in [0.1, 0.15) is 6.61 Å². The van der Waals surface area contributed by atoms with Crippen LogP contribution in [0, 0.1) is 22.7 Å². The Bertz CT molecular complexity index is 358. The van der Waals surface area contributed by atoms with Crippen molar-refractivity contribution in [1.82, 2.24) is 3.53 Å². The first-order chi connectivity index (χ1) is 9.42. The van der Waals surface area contributed by atoms with E-state index in [1.165, 1.54) is 0 Å². The monoisotopic (exact) mass is 413 g/mol. The first kappa shape index (κ1) is 20.6. The summed E-state index contributed by atoms with van der Waals surface area (Å²) in [6.45, 7) is 11.8. The van der Waals surface area contributed by atoms with Crippen molar-refractivity contribution >= 4 is 34.7 Å². The molecule has 2 atom stereocenters. The lowest BCUT2D eigenvalue weighted by Gasteiger charge is -2.34. The molecule has 0 aliphatic carbocycles. The maximum atomic E-state index is 12.4. The molecule has 0 aliphatic heterocycles. The van der Waals surface area contributed by atoms with Gasteiger partial charge in [-0.15, -0.1) is 0 Å². The summed E-state index contributed by atoms with van der Waals surface area (Å²) >= 11 is 1.70. The average Bonchev–Trinajstić information content (AvgIpc) is 2.33. The summed E-state index contributed by atoms with van der Waals surface area (Å²) in [4.78, 5) is 23.8. The summed E-state index contributed by atoms with van der Waals surface area (Å²) < 4.78 is 7.71. The average molecular weight is 413 g/mol.